The molecule has 1 atom stereocenters. The summed E-state index contributed by atoms with van der Waals surface area (Å²) in [4.78, 5) is 0. The maximum Gasteiger partial charge on any atom is 0.212 e. The second kappa shape index (κ2) is 6.68. The minimum atomic E-state index is -3.29. The van der Waals surface area contributed by atoms with Crippen molar-refractivity contribution in [3.8, 4) is 0 Å². The summed E-state index contributed by atoms with van der Waals surface area (Å²) in [6, 6.07) is -0.407. The molecular formula is C11H25NO4S. The molecular weight excluding hydrogens is 242 g/mol. The quantitative estimate of drug-likeness (QED) is 0.707. The van der Waals surface area contributed by atoms with Gasteiger partial charge in [-0.15, -0.1) is 0 Å². The lowest BCUT2D eigenvalue weighted by molar-refractivity contribution is -0.115. The molecule has 104 valence electrons. The molecule has 0 bridgehead atoms. The lowest BCUT2D eigenvalue weighted by Crippen LogP contribution is -2.44. The zero-order chi connectivity index (χ0) is 13.7. The molecule has 17 heavy (non-hydrogen) atoms. The van der Waals surface area contributed by atoms with Crippen LogP contribution in [-0.2, 0) is 19.5 Å². The third-order valence-electron chi connectivity index (χ3n) is 2.36. The first-order chi connectivity index (χ1) is 7.61. The van der Waals surface area contributed by atoms with Crippen molar-refractivity contribution in [2.24, 2.45) is 5.41 Å². The standard InChI is InChI=1S/C11H25NO4S/c1-9(10(15-5)16-6)12-17(13,14)8-7-11(2,3)4/h9-10,12H,7-8H2,1-6H3. The minimum absolute atomic E-state index is 0.0000971. The van der Waals surface area contributed by atoms with E-state index in [4.69, 9.17) is 9.47 Å². The smallest absolute Gasteiger partial charge is 0.212 e. The number of hydrogen-bond donors (Lipinski definition) is 1. The van der Waals surface area contributed by atoms with E-state index in [1.807, 2.05) is 20.8 Å². The summed E-state index contributed by atoms with van der Waals surface area (Å²) in [5.74, 6) is 0.112. The normalized spacial score (nSPS) is 15.2. The Morgan fingerprint density at radius 2 is 1.65 bits per heavy atom. The summed E-state index contributed by atoms with van der Waals surface area (Å²) >= 11 is 0. The van der Waals surface area contributed by atoms with Crippen LogP contribution >= 0.6 is 0 Å². The second-order valence-corrected chi connectivity index (χ2v) is 7.25. The summed E-state index contributed by atoms with van der Waals surface area (Å²) < 4.78 is 36.2. The Morgan fingerprint density at radius 3 is 2.00 bits per heavy atom. The molecule has 1 N–H and O–H groups in total. The number of methoxy groups -OCH3 is 2. The van der Waals surface area contributed by atoms with E-state index in [-0.39, 0.29) is 11.2 Å². The van der Waals surface area contributed by atoms with Crippen LogP contribution in [0.3, 0.4) is 0 Å². The van der Waals surface area contributed by atoms with E-state index in [2.05, 4.69) is 4.72 Å². The summed E-state index contributed by atoms with van der Waals surface area (Å²) in [5, 5.41) is 0. The van der Waals surface area contributed by atoms with Gasteiger partial charge in [-0.3, -0.25) is 0 Å². The summed E-state index contributed by atoms with van der Waals surface area (Å²) in [6.45, 7) is 7.75. The third kappa shape index (κ3) is 7.70. The van der Waals surface area contributed by atoms with Crippen LogP contribution in [0, 0.1) is 5.41 Å². The van der Waals surface area contributed by atoms with Crippen LogP contribution in [-0.4, -0.2) is 40.7 Å². The number of ether oxygens (including phenoxy) is 2. The van der Waals surface area contributed by atoms with Crippen molar-refractivity contribution in [1.82, 2.24) is 4.72 Å². The Morgan fingerprint density at radius 1 is 1.18 bits per heavy atom. The number of rotatable bonds is 7. The Labute approximate surface area is 105 Å². The first-order valence-corrected chi connectivity index (χ1v) is 7.32. The molecule has 1 unspecified atom stereocenters. The first-order valence-electron chi connectivity index (χ1n) is 5.67. The Balaban J connectivity index is 4.35. The molecule has 0 rings (SSSR count). The van der Waals surface area contributed by atoms with Crippen molar-refractivity contribution in [2.75, 3.05) is 20.0 Å². The van der Waals surface area contributed by atoms with Gasteiger partial charge in [-0.2, -0.15) is 0 Å². The molecule has 0 aromatic carbocycles. The zero-order valence-electron chi connectivity index (χ0n) is 11.6. The van der Waals surface area contributed by atoms with Crippen molar-refractivity contribution >= 4 is 10.0 Å². The Hall–Kier alpha value is -0.170. The van der Waals surface area contributed by atoms with E-state index in [9.17, 15) is 8.42 Å². The highest BCUT2D eigenvalue weighted by Gasteiger charge is 2.23. The molecule has 0 amide bonds. The number of nitrogens with one attached hydrogen (secondary N) is 1. The van der Waals surface area contributed by atoms with Crippen molar-refractivity contribution in [3.05, 3.63) is 0 Å². The largest absolute Gasteiger partial charge is 0.354 e. The van der Waals surface area contributed by atoms with Gasteiger partial charge >= 0.3 is 0 Å². The first kappa shape index (κ1) is 16.8. The number of hydrogen-bond acceptors (Lipinski definition) is 4. The van der Waals surface area contributed by atoms with E-state index in [0.717, 1.165) is 0 Å². The van der Waals surface area contributed by atoms with Gasteiger partial charge in [-0.25, -0.2) is 13.1 Å². The average Bonchev–Trinajstić information content (AvgIpc) is 2.15. The molecule has 0 heterocycles. The maximum absolute atomic E-state index is 11.8. The average molecular weight is 267 g/mol. The van der Waals surface area contributed by atoms with Gasteiger partial charge in [-0.05, 0) is 18.8 Å². The SMILES string of the molecule is COC(OC)C(C)NS(=O)(=O)CCC(C)(C)C. The van der Waals surface area contributed by atoms with E-state index < -0.39 is 22.4 Å². The van der Waals surface area contributed by atoms with Crippen LogP contribution in [0.1, 0.15) is 34.1 Å². The monoisotopic (exact) mass is 267 g/mol. The molecule has 0 aromatic heterocycles. The molecule has 0 saturated heterocycles. The minimum Gasteiger partial charge on any atom is -0.354 e. The second-order valence-electron chi connectivity index (χ2n) is 5.38. The molecule has 0 aliphatic rings. The van der Waals surface area contributed by atoms with Gasteiger partial charge in [0.1, 0.15) is 0 Å². The Bertz CT molecular complexity index is 304. The highest BCUT2D eigenvalue weighted by Crippen LogP contribution is 2.19. The van der Waals surface area contributed by atoms with Gasteiger partial charge in [-0.1, -0.05) is 20.8 Å². The highest BCUT2D eigenvalue weighted by molar-refractivity contribution is 7.89. The van der Waals surface area contributed by atoms with Crippen LogP contribution in [0.5, 0.6) is 0 Å². The molecule has 0 saturated carbocycles. The van der Waals surface area contributed by atoms with Gasteiger partial charge in [0.05, 0.1) is 11.8 Å². The fourth-order valence-electron chi connectivity index (χ4n) is 1.34. The van der Waals surface area contributed by atoms with Gasteiger partial charge in [0.25, 0.3) is 0 Å². The third-order valence-corrected chi connectivity index (χ3v) is 3.83. The highest BCUT2D eigenvalue weighted by atomic mass is 32.2. The van der Waals surface area contributed by atoms with E-state index in [1.54, 1.807) is 6.92 Å². The van der Waals surface area contributed by atoms with E-state index in [1.165, 1.54) is 14.2 Å². The van der Waals surface area contributed by atoms with Crippen LogP contribution in [0.2, 0.25) is 0 Å². The molecule has 0 fully saturated rings. The zero-order valence-corrected chi connectivity index (χ0v) is 12.4. The van der Waals surface area contributed by atoms with Gasteiger partial charge in [0.2, 0.25) is 10.0 Å². The molecule has 0 aliphatic carbocycles. The number of sulfonamides is 1. The van der Waals surface area contributed by atoms with Crippen LogP contribution in [0.4, 0.5) is 0 Å². The topological polar surface area (TPSA) is 64.6 Å². The lowest BCUT2D eigenvalue weighted by atomic mass is 9.94. The lowest BCUT2D eigenvalue weighted by Gasteiger charge is -2.23. The van der Waals surface area contributed by atoms with Gasteiger partial charge in [0, 0.05) is 14.2 Å². The van der Waals surface area contributed by atoms with Crippen molar-refractivity contribution in [3.63, 3.8) is 0 Å². The van der Waals surface area contributed by atoms with Crippen molar-refractivity contribution in [2.45, 2.75) is 46.4 Å². The predicted octanol–water partition coefficient (Wildman–Crippen LogP) is 1.35. The maximum atomic E-state index is 11.8. The molecule has 0 spiro atoms. The molecule has 6 heteroatoms. The summed E-state index contributed by atoms with van der Waals surface area (Å²) in [5.41, 5.74) is -0.0000971. The van der Waals surface area contributed by atoms with Crippen LogP contribution in [0.25, 0.3) is 0 Å². The van der Waals surface area contributed by atoms with Crippen LogP contribution < -0.4 is 4.72 Å². The van der Waals surface area contributed by atoms with Gasteiger partial charge < -0.3 is 9.47 Å². The van der Waals surface area contributed by atoms with Crippen molar-refractivity contribution in [1.29, 1.82) is 0 Å². The Kier molecular flexibility index (Phi) is 6.61. The molecule has 0 radical (unpaired) electrons. The van der Waals surface area contributed by atoms with Gasteiger partial charge in [0.15, 0.2) is 6.29 Å². The fourth-order valence-corrected chi connectivity index (χ4v) is 3.02. The molecule has 0 aliphatic heterocycles. The summed E-state index contributed by atoms with van der Waals surface area (Å²) in [7, 11) is -0.329. The van der Waals surface area contributed by atoms with E-state index in [0.29, 0.717) is 6.42 Å². The van der Waals surface area contributed by atoms with Crippen LogP contribution in [0.15, 0.2) is 0 Å². The summed E-state index contributed by atoms with van der Waals surface area (Å²) in [6.07, 6.45) is 0.0408. The molecule has 5 nitrogen and oxygen atoms in total. The van der Waals surface area contributed by atoms with E-state index >= 15 is 0 Å². The fraction of sp³-hybridized carbons (Fsp3) is 1.00. The van der Waals surface area contributed by atoms with Crippen molar-refractivity contribution < 1.29 is 17.9 Å². The molecule has 0 aromatic rings. The predicted molar refractivity (Wildman–Crippen MR) is 68.3 cm³/mol.